The predicted molar refractivity (Wildman–Crippen MR) is 76.1 cm³/mol. The fourth-order valence-electron chi connectivity index (χ4n) is 2.16. The highest BCUT2D eigenvalue weighted by molar-refractivity contribution is 9.10. The van der Waals surface area contributed by atoms with Crippen molar-refractivity contribution in [2.45, 2.75) is 59.5 Å². The molecule has 2 atom stereocenters. The number of nitrogens with two attached hydrogens (primary N) is 1. The zero-order chi connectivity index (χ0) is 13.0. The number of halogens is 1. The van der Waals surface area contributed by atoms with Crippen molar-refractivity contribution in [3.05, 3.63) is 15.9 Å². The Balaban J connectivity index is 2.99. The summed E-state index contributed by atoms with van der Waals surface area (Å²) in [5.41, 5.74) is 8.48. The minimum absolute atomic E-state index is 0.234. The highest BCUT2D eigenvalue weighted by atomic mass is 79.9. The molecule has 1 aromatic rings. The van der Waals surface area contributed by atoms with Gasteiger partial charge in [-0.1, -0.05) is 20.3 Å². The maximum atomic E-state index is 6.03. The summed E-state index contributed by atoms with van der Waals surface area (Å²) < 4.78 is 3.29. The van der Waals surface area contributed by atoms with E-state index in [2.05, 4.69) is 53.4 Å². The Morgan fingerprint density at radius 3 is 2.41 bits per heavy atom. The van der Waals surface area contributed by atoms with Crippen LogP contribution in [0.4, 0.5) is 0 Å². The molecule has 0 aromatic carbocycles. The molecule has 1 aromatic heterocycles. The summed E-state index contributed by atoms with van der Waals surface area (Å²) in [6, 6.07) is 0.234. The molecule has 0 saturated carbocycles. The minimum Gasteiger partial charge on any atom is -0.328 e. The number of rotatable bonds is 6. The molecule has 0 radical (unpaired) electrons. The number of hydrogen-bond acceptors (Lipinski definition) is 2. The van der Waals surface area contributed by atoms with Gasteiger partial charge < -0.3 is 5.73 Å². The lowest BCUT2D eigenvalue weighted by Gasteiger charge is -2.19. The first-order valence-corrected chi connectivity index (χ1v) is 7.33. The average Bonchev–Trinajstić information content (AvgIpc) is 2.62. The Labute approximate surface area is 113 Å². The molecule has 4 heteroatoms. The summed E-state index contributed by atoms with van der Waals surface area (Å²) in [5, 5.41) is 4.62. The van der Waals surface area contributed by atoms with E-state index in [1.54, 1.807) is 0 Å². The van der Waals surface area contributed by atoms with Gasteiger partial charge >= 0.3 is 0 Å². The molecule has 2 N–H and O–H groups in total. The van der Waals surface area contributed by atoms with Crippen molar-refractivity contribution in [3.63, 3.8) is 0 Å². The van der Waals surface area contributed by atoms with Crippen LogP contribution in [0.2, 0.25) is 0 Å². The van der Waals surface area contributed by atoms with Gasteiger partial charge in [-0.3, -0.25) is 4.68 Å². The standard InChI is InChI=1S/C13H24BrN3/c1-5-10(9(4)15)8-12-13(14)11(6-2)16-17(12)7-3/h9-10H,5-8,15H2,1-4H3. The molecule has 0 aliphatic rings. The lowest BCUT2D eigenvalue weighted by atomic mass is 9.93. The Bertz CT molecular complexity index is 358. The van der Waals surface area contributed by atoms with Crippen LogP contribution in [0.15, 0.2) is 4.47 Å². The predicted octanol–water partition coefficient (Wildman–Crippen LogP) is 3.14. The van der Waals surface area contributed by atoms with Crippen molar-refractivity contribution in [1.29, 1.82) is 0 Å². The number of aryl methyl sites for hydroxylation is 2. The second kappa shape index (κ2) is 6.55. The highest BCUT2D eigenvalue weighted by Gasteiger charge is 2.19. The van der Waals surface area contributed by atoms with E-state index in [0.29, 0.717) is 5.92 Å². The molecule has 3 nitrogen and oxygen atoms in total. The first-order valence-electron chi connectivity index (χ1n) is 6.54. The molecule has 0 aliphatic carbocycles. The van der Waals surface area contributed by atoms with Crippen LogP contribution < -0.4 is 5.73 Å². The van der Waals surface area contributed by atoms with E-state index in [1.165, 1.54) is 10.2 Å². The maximum Gasteiger partial charge on any atom is 0.0766 e. The van der Waals surface area contributed by atoms with Gasteiger partial charge in [-0.2, -0.15) is 5.10 Å². The fourth-order valence-corrected chi connectivity index (χ4v) is 2.89. The van der Waals surface area contributed by atoms with Gasteiger partial charge in [0, 0.05) is 12.6 Å². The second-order valence-electron chi connectivity index (χ2n) is 4.61. The topological polar surface area (TPSA) is 43.8 Å². The monoisotopic (exact) mass is 301 g/mol. The van der Waals surface area contributed by atoms with Crippen molar-refractivity contribution >= 4 is 15.9 Å². The summed E-state index contributed by atoms with van der Waals surface area (Å²) in [6.07, 6.45) is 3.09. The van der Waals surface area contributed by atoms with Crippen LogP contribution in [-0.4, -0.2) is 15.8 Å². The quantitative estimate of drug-likeness (QED) is 0.877. The van der Waals surface area contributed by atoms with E-state index in [-0.39, 0.29) is 6.04 Å². The Morgan fingerprint density at radius 2 is 2.00 bits per heavy atom. The van der Waals surface area contributed by atoms with Gasteiger partial charge in [-0.25, -0.2) is 0 Å². The zero-order valence-electron chi connectivity index (χ0n) is 11.3. The van der Waals surface area contributed by atoms with Crippen LogP contribution in [0.5, 0.6) is 0 Å². The Morgan fingerprint density at radius 1 is 1.35 bits per heavy atom. The number of aromatic nitrogens is 2. The van der Waals surface area contributed by atoms with Gasteiger partial charge in [-0.15, -0.1) is 0 Å². The van der Waals surface area contributed by atoms with E-state index in [0.717, 1.165) is 31.5 Å². The van der Waals surface area contributed by atoms with E-state index >= 15 is 0 Å². The van der Waals surface area contributed by atoms with Gasteiger partial charge in [0.25, 0.3) is 0 Å². The average molecular weight is 302 g/mol. The smallest absolute Gasteiger partial charge is 0.0766 e. The van der Waals surface area contributed by atoms with Crippen LogP contribution in [0.25, 0.3) is 0 Å². The summed E-state index contributed by atoms with van der Waals surface area (Å²) in [5.74, 6) is 0.526. The molecule has 0 fully saturated rings. The van der Waals surface area contributed by atoms with Gasteiger partial charge in [0.1, 0.15) is 0 Å². The first-order chi connectivity index (χ1) is 8.04. The Hall–Kier alpha value is -0.350. The Kier molecular flexibility index (Phi) is 5.67. The molecule has 2 unspecified atom stereocenters. The molecule has 0 amide bonds. The maximum absolute atomic E-state index is 6.03. The second-order valence-corrected chi connectivity index (χ2v) is 5.40. The number of hydrogen-bond donors (Lipinski definition) is 1. The molecule has 0 spiro atoms. The fraction of sp³-hybridized carbons (Fsp3) is 0.769. The number of nitrogens with zero attached hydrogens (tertiary/aromatic N) is 2. The van der Waals surface area contributed by atoms with Crippen LogP contribution in [0.1, 0.15) is 45.5 Å². The third-order valence-electron chi connectivity index (χ3n) is 3.42. The van der Waals surface area contributed by atoms with Crippen molar-refractivity contribution in [1.82, 2.24) is 9.78 Å². The van der Waals surface area contributed by atoms with E-state index < -0.39 is 0 Å². The summed E-state index contributed by atoms with van der Waals surface area (Å²) in [7, 11) is 0. The highest BCUT2D eigenvalue weighted by Crippen LogP contribution is 2.26. The lowest BCUT2D eigenvalue weighted by molar-refractivity contribution is 0.412. The largest absolute Gasteiger partial charge is 0.328 e. The molecular formula is C13H24BrN3. The van der Waals surface area contributed by atoms with Crippen LogP contribution in [-0.2, 0) is 19.4 Å². The van der Waals surface area contributed by atoms with Gasteiger partial charge in [0.05, 0.1) is 15.9 Å². The molecule has 0 saturated heterocycles. The molecule has 1 heterocycles. The van der Waals surface area contributed by atoms with Gasteiger partial charge in [0.15, 0.2) is 0 Å². The van der Waals surface area contributed by atoms with Crippen molar-refractivity contribution in [3.8, 4) is 0 Å². The van der Waals surface area contributed by atoms with E-state index in [4.69, 9.17) is 5.73 Å². The lowest BCUT2D eigenvalue weighted by Crippen LogP contribution is -2.28. The molecule has 0 aliphatic heterocycles. The summed E-state index contributed by atoms with van der Waals surface area (Å²) >= 11 is 3.69. The van der Waals surface area contributed by atoms with Crippen molar-refractivity contribution < 1.29 is 0 Å². The summed E-state index contributed by atoms with van der Waals surface area (Å²) in [6.45, 7) is 9.49. The van der Waals surface area contributed by atoms with Crippen LogP contribution >= 0.6 is 15.9 Å². The normalized spacial score (nSPS) is 14.9. The third kappa shape index (κ3) is 3.32. The van der Waals surface area contributed by atoms with Gasteiger partial charge in [0.2, 0.25) is 0 Å². The van der Waals surface area contributed by atoms with Crippen molar-refractivity contribution in [2.75, 3.05) is 0 Å². The van der Waals surface area contributed by atoms with Crippen LogP contribution in [0, 0.1) is 5.92 Å². The van der Waals surface area contributed by atoms with Crippen molar-refractivity contribution in [2.24, 2.45) is 11.7 Å². The SMILES string of the molecule is CCc1nn(CC)c(CC(CC)C(C)N)c1Br. The zero-order valence-corrected chi connectivity index (χ0v) is 12.9. The molecule has 1 rings (SSSR count). The van der Waals surface area contributed by atoms with E-state index in [9.17, 15) is 0 Å². The molecule has 98 valence electrons. The molecular weight excluding hydrogens is 278 g/mol. The molecule has 0 bridgehead atoms. The minimum atomic E-state index is 0.234. The summed E-state index contributed by atoms with van der Waals surface area (Å²) in [4.78, 5) is 0. The van der Waals surface area contributed by atoms with E-state index in [1.807, 2.05) is 0 Å². The first kappa shape index (κ1) is 14.7. The van der Waals surface area contributed by atoms with Gasteiger partial charge in [-0.05, 0) is 48.5 Å². The van der Waals surface area contributed by atoms with Crippen LogP contribution in [0.3, 0.4) is 0 Å². The molecule has 17 heavy (non-hydrogen) atoms. The third-order valence-corrected chi connectivity index (χ3v) is 4.33.